The van der Waals surface area contributed by atoms with E-state index in [4.69, 9.17) is 4.74 Å². The lowest BCUT2D eigenvalue weighted by atomic mass is 10.2. The number of rotatable bonds is 6. The zero-order chi connectivity index (χ0) is 19.4. The maximum Gasteiger partial charge on any atom is 0.264 e. The molecule has 3 aromatic rings. The van der Waals surface area contributed by atoms with Gasteiger partial charge in [-0.1, -0.05) is 34.1 Å². The number of halogens is 2. The molecular weight excluding hydrogens is 433 g/mol. The molecule has 0 radical (unpaired) electrons. The molecule has 0 N–H and O–H groups in total. The van der Waals surface area contributed by atoms with Gasteiger partial charge in [-0.05, 0) is 60.2 Å². The number of anilines is 1. The fraction of sp³-hybridized carbons (Fsp3) is 0.100. The maximum absolute atomic E-state index is 13.8. The van der Waals surface area contributed by atoms with Crippen LogP contribution in [-0.2, 0) is 16.6 Å². The Balaban J connectivity index is 2.05. The van der Waals surface area contributed by atoms with E-state index in [2.05, 4.69) is 15.9 Å². The van der Waals surface area contributed by atoms with Crippen LogP contribution in [0.3, 0.4) is 0 Å². The predicted octanol–water partition coefficient (Wildman–Crippen LogP) is 4.99. The zero-order valence-electron chi connectivity index (χ0n) is 14.5. The van der Waals surface area contributed by atoms with Gasteiger partial charge in [-0.3, -0.25) is 4.31 Å². The number of hydrogen-bond donors (Lipinski definition) is 0. The third-order valence-corrected chi connectivity index (χ3v) is 6.30. The summed E-state index contributed by atoms with van der Waals surface area (Å²) in [6, 6.07) is 19.0. The van der Waals surface area contributed by atoms with Gasteiger partial charge in [0.1, 0.15) is 11.6 Å². The number of hydrogen-bond acceptors (Lipinski definition) is 3. The summed E-state index contributed by atoms with van der Waals surface area (Å²) < 4.78 is 47.5. The summed E-state index contributed by atoms with van der Waals surface area (Å²) in [7, 11) is -2.39. The SMILES string of the molecule is COc1ccc(S(=O)(=O)N(Cc2ccc(Br)cc2)c2cccc(F)c2)cc1. The van der Waals surface area contributed by atoms with Gasteiger partial charge in [0.15, 0.2) is 0 Å². The van der Waals surface area contributed by atoms with E-state index in [0.717, 1.165) is 10.0 Å². The summed E-state index contributed by atoms with van der Waals surface area (Å²) in [5.74, 6) is 0.0532. The van der Waals surface area contributed by atoms with Crippen molar-refractivity contribution in [3.63, 3.8) is 0 Å². The minimum Gasteiger partial charge on any atom is -0.497 e. The fourth-order valence-electron chi connectivity index (χ4n) is 2.58. The molecule has 7 heteroatoms. The number of benzene rings is 3. The average Bonchev–Trinajstić information content (AvgIpc) is 2.67. The largest absolute Gasteiger partial charge is 0.497 e. The van der Waals surface area contributed by atoms with Crippen molar-refractivity contribution in [2.45, 2.75) is 11.4 Å². The standard InChI is InChI=1S/C20H17BrFNO3S/c1-26-19-9-11-20(12-10-19)27(24,25)23(18-4-2-3-17(22)13-18)14-15-5-7-16(21)8-6-15/h2-13H,14H2,1H3. The van der Waals surface area contributed by atoms with Crippen LogP contribution in [0.5, 0.6) is 5.75 Å². The Hall–Kier alpha value is -2.38. The maximum atomic E-state index is 13.8. The van der Waals surface area contributed by atoms with Gasteiger partial charge in [0.2, 0.25) is 0 Å². The Morgan fingerprint density at radius 1 is 1.00 bits per heavy atom. The van der Waals surface area contributed by atoms with Crippen molar-refractivity contribution in [2.24, 2.45) is 0 Å². The average molecular weight is 450 g/mol. The van der Waals surface area contributed by atoms with Crippen molar-refractivity contribution < 1.29 is 17.5 Å². The molecule has 0 saturated carbocycles. The molecule has 0 unspecified atom stereocenters. The van der Waals surface area contributed by atoms with Gasteiger partial charge in [0, 0.05) is 4.47 Å². The lowest BCUT2D eigenvalue weighted by Crippen LogP contribution is -2.30. The van der Waals surface area contributed by atoms with Gasteiger partial charge in [0.05, 0.1) is 24.2 Å². The molecular formula is C20H17BrFNO3S. The van der Waals surface area contributed by atoms with E-state index in [-0.39, 0.29) is 17.1 Å². The highest BCUT2D eigenvalue weighted by atomic mass is 79.9. The molecule has 0 aromatic heterocycles. The van der Waals surface area contributed by atoms with Crippen LogP contribution in [0.25, 0.3) is 0 Å². The van der Waals surface area contributed by atoms with Crippen LogP contribution < -0.4 is 9.04 Å². The lowest BCUT2D eigenvalue weighted by molar-refractivity contribution is 0.414. The van der Waals surface area contributed by atoms with Gasteiger partial charge in [-0.2, -0.15) is 0 Å². The summed E-state index contributed by atoms with van der Waals surface area (Å²) in [6.45, 7) is 0.0745. The van der Waals surface area contributed by atoms with Gasteiger partial charge < -0.3 is 4.74 Å². The Morgan fingerprint density at radius 3 is 2.26 bits per heavy atom. The quantitative estimate of drug-likeness (QED) is 0.532. The second-order valence-corrected chi connectivity index (χ2v) is 8.57. The molecule has 0 heterocycles. The minimum absolute atomic E-state index is 0.0745. The van der Waals surface area contributed by atoms with Crippen LogP contribution in [0, 0.1) is 5.82 Å². The molecule has 0 aliphatic carbocycles. The second kappa shape index (κ2) is 8.10. The van der Waals surface area contributed by atoms with Crippen LogP contribution in [0.4, 0.5) is 10.1 Å². The Kier molecular flexibility index (Phi) is 5.82. The lowest BCUT2D eigenvalue weighted by Gasteiger charge is -2.25. The molecule has 0 spiro atoms. The minimum atomic E-state index is -3.90. The van der Waals surface area contributed by atoms with Crippen molar-refractivity contribution in [3.05, 3.63) is 88.6 Å². The highest BCUT2D eigenvalue weighted by Gasteiger charge is 2.25. The molecule has 0 saturated heterocycles. The summed E-state index contributed by atoms with van der Waals surface area (Å²) in [6.07, 6.45) is 0. The van der Waals surface area contributed by atoms with E-state index in [9.17, 15) is 12.8 Å². The van der Waals surface area contributed by atoms with Crippen molar-refractivity contribution >= 4 is 31.6 Å². The topological polar surface area (TPSA) is 46.6 Å². The molecule has 140 valence electrons. The Morgan fingerprint density at radius 2 is 1.67 bits per heavy atom. The van der Waals surface area contributed by atoms with Crippen molar-refractivity contribution in [1.29, 1.82) is 0 Å². The summed E-state index contributed by atoms with van der Waals surface area (Å²) in [4.78, 5) is 0.102. The smallest absolute Gasteiger partial charge is 0.264 e. The van der Waals surface area contributed by atoms with E-state index in [1.54, 1.807) is 18.2 Å². The molecule has 0 bridgehead atoms. The molecule has 0 aliphatic rings. The molecule has 4 nitrogen and oxygen atoms in total. The van der Waals surface area contributed by atoms with Crippen LogP contribution in [0.15, 0.2) is 82.2 Å². The van der Waals surface area contributed by atoms with Crippen LogP contribution in [0.2, 0.25) is 0 Å². The Labute approximate surface area is 166 Å². The van der Waals surface area contributed by atoms with Crippen LogP contribution in [-0.4, -0.2) is 15.5 Å². The monoisotopic (exact) mass is 449 g/mol. The first-order valence-corrected chi connectivity index (χ1v) is 10.3. The van der Waals surface area contributed by atoms with E-state index >= 15 is 0 Å². The molecule has 3 rings (SSSR count). The summed E-state index contributed by atoms with van der Waals surface area (Å²) in [5, 5.41) is 0. The van der Waals surface area contributed by atoms with Crippen molar-refractivity contribution in [3.8, 4) is 5.75 Å². The van der Waals surface area contributed by atoms with Crippen molar-refractivity contribution in [2.75, 3.05) is 11.4 Å². The molecule has 27 heavy (non-hydrogen) atoms. The highest BCUT2D eigenvalue weighted by Crippen LogP contribution is 2.28. The number of ether oxygens (including phenoxy) is 1. The molecule has 3 aromatic carbocycles. The number of nitrogens with zero attached hydrogens (tertiary/aromatic N) is 1. The van der Waals surface area contributed by atoms with E-state index in [1.165, 1.54) is 41.7 Å². The third-order valence-electron chi connectivity index (χ3n) is 3.98. The van der Waals surface area contributed by atoms with Gasteiger partial charge >= 0.3 is 0 Å². The van der Waals surface area contributed by atoms with E-state index < -0.39 is 15.8 Å². The Bertz CT molecular complexity index is 1020. The zero-order valence-corrected chi connectivity index (χ0v) is 16.9. The predicted molar refractivity (Wildman–Crippen MR) is 107 cm³/mol. The van der Waals surface area contributed by atoms with Gasteiger partial charge in [-0.25, -0.2) is 12.8 Å². The first-order valence-electron chi connectivity index (χ1n) is 8.07. The van der Waals surface area contributed by atoms with Crippen LogP contribution >= 0.6 is 15.9 Å². The van der Waals surface area contributed by atoms with Crippen molar-refractivity contribution in [1.82, 2.24) is 0 Å². The van der Waals surface area contributed by atoms with E-state index in [1.807, 2.05) is 24.3 Å². The van der Waals surface area contributed by atoms with E-state index in [0.29, 0.717) is 5.75 Å². The summed E-state index contributed by atoms with van der Waals surface area (Å²) >= 11 is 3.36. The first kappa shape index (κ1) is 19.4. The second-order valence-electron chi connectivity index (χ2n) is 5.79. The number of sulfonamides is 1. The third kappa shape index (κ3) is 4.48. The van der Waals surface area contributed by atoms with Crippen LogP contribution in [0.1, 0.15) is 5.56 Å². The molecule has 0 fully saturated rings. The van der Waals surface area contributed by atoms with Gasteiger partial charge in [-0.15, -0.1) is 0 Å². The van der Waals surface area contributed by atoms with Gasteiger partial charge in [0.25, 0.3) is 10.0 Å². The molecule has 0 aliphatic heterocycles. The molecule has 0 atom stereocenters. The fourth-order valence-corrected chi connectivity index (χ4v) is 4.29. The summed E-state index contributed by atoms with van der Waals surface area (Å²) in [5.41, 5.74) is 1.04. The first-order chi connectivity index (χ1) is 12.9. The molecule has 0 amide bonds. The number of methoxy groups -OCH3 is 1. The highest BCUT2D eigenvalue weighted by molar-refractivity contribution is 9.10. The normalized spacial score (nSPS) is 11.2.